The highest BCUT2D eigenvalue weighted by Gasteiger charge is 2.36. The van der Waals surface area contributed by atoms with Crippen molar-refractivity contribution in [3.8, 4) is 5.75 Å². The first-order valence-corrected chi connectivity index (χ1v) is 15.1. The quantitative estimate of drug-likeness (QED) is 0.358. The average molecular weight is 625 g/mol. The fraction of sp³-hybridized carbons (Fsp3) is 0.448. The largest absolute Gasteiger partial charge is 0.486 e. The number of carbonyl (C=O) groups is 1. The monoisotopic (exact) mass is 624 g/mol. The van der Waals surface area contributed by atoms with Crippen LogP contribution < -0.4 is 9.46 Å². The smallest absolute Gasteiger partial charge is 0.416 e. The second-order valence-corrected chi connectivity index (χ2v) is 12.6. The lowest BCUT2D eigenvalue weighted by atomic mass is 9.99. The number of hydrogen-bond donors (Lipinski definition) is 2. The fourth-order valence-electron chi connectivity index (χ4n) is 5.08. The minimum atomic E-state index is -4.43. The summed E-state index contributed by atoms with van der Waals surface area (Å²) in [6.07, 6.45) is -5.01. The molecular weight excluding hydrogens is 589 g/mol. The lowest BCUT2D eigenvalue weighted by molar-refractivity contribution is -0.137. The van der Waals surface area contributed by atoms with Crippen LogP contribution in [-0.2, 0) is 22.7 Å². The van der Waals surface area contributed by atoms with Crippen molar-refractivity contribution in [3.05, 3.63) is 70.6 Å². The molecule has 14 heteroatoms. The van der Waals surface area contributed by atoms with Gasteiger partial charge in [-0.1, -0.05) is 30.3 Å². The van der Waals surface area contributed by atoms with Crippen molar-refractivity contribution < 1.29 is 40.8 Å². The highest BCUT2D eigenvalue weighted by Crippen LogP contribution is 2.37. The number of hydrogen-bond acceptors (Lipinski definition) is 8. The van der Waals surface area contributed by atoms with E-state index in [9.17, 15) is 31.5 Å². The molecule has 3 aromatic rings. The van der Waals surface area contributed by atoms with Gasteiger partial charge >= 0.3 is 6.18 Å². The van der Waals surface area contributed by atoms with Crippen LogP contribution in [-0.4, -0.2) is 73.3 Å². The maximum Gasteiger partial charge on any atom is 0.416 e. The first kappa shape index (κ1) is 32.3. The molecule has 0 fully saturated rings. The third-order valence-electron chi connectivity index (χ3n) is 7.40. The summed E-state index contributed by atoms with van der Waals surface area (Å²) in [4.78, 5) is 17.0. The van der Waals surface area contributed by atoms with E-state index in [0.29, 0.717) is 18.7 Å². The molecule has 2 heterocycles. The van der Waals surface area contributed by atoms with Crippen LogP contribution in [0.15, 0.2) is 51.9 Å². The number of amides is 1. The van der Waals surface area contributed by atoms with Crippen molar-refractivity contribution >= 4 is 21.6 Å². The van der Waals surface area contributed by atoms with Crippen molar-refractivity contribution in [2.75, 3.05) is 31.5 Å². The Morgan fingerprint density at radius 2 is 1.86 bits per heavy atom. The molecule has 234 valence electrons. The van der Waals surface area contributed by atoms with Gasteiger partial charge in [-0.25, -0.2) is 8.42 Å². The Kier molecular flexibility index (Phi) is 9.42. The van der Waals surface area contributed by atoms with Crippen molar-refractivity contribution in [1.82, 2.24) is 15.0 Å². The number of sulfonamides is 1. The van der Waals surface area contributed by atoms with Crippen LogP contribution in [0.25, 0.3) is 0 Å². The van der Waals surface area contributed by atoms with Gasteiger partial charge < -0.3 is 19.3 Å². The molecule has 0 bridgehead atoms. The summed E-state index contributed by atoms with van der Waals surface area (Å²) in [5.74, 6) is -0.593. The van der Waals surface area contributed by atoms with Crippen molar-refractivity contribution in [2.24, 2.45) is 5.92 Å². The number of aryl methyl sites for hydroxylation is 2. The number of aromatic nitrogens is 1. The number of ether oxygens (including phenoxy) is 1. The Balaban J connectivity index is 1.68. The van der Waals surface area contributed by atoms with Crippen LogP contribution in [0, 0.1) is 19.8 Å². The predicted molar refractivity (Wildman–Crippen MR) is 152 cm³/mol. The summed E-state index contributed by atoms with van der Waals surface area (Å²) in [5, 5.41) is 13.6. The molecule has 4 rings (SSSR count). The number of alkyl halides is 3. The molecule has 0 spiro atoms. The number of para-hydroxylation sites is 1. The van der Waals surface area contributed by atoms with Gasteiger partial charge in [0, 0.05) is 25.6 Å². The molecule has 1 aliphatic rings. The summed E-state index contributed by atoms with van der Waals surface area (Å²) in [6, 6.07) is 8.91. The fourth-order valence-corrected chi connectivity index (χ4v) is 6.47. The number of nitrogens with zero attached hydrogens (tertiary/aromatic N) is 3. The number of aliphatic hydroxyl groups is 1. The predicted octanol–water partition coefficient (Wildman–Crippen LogP) is 4.46. The molecule has 3 atom stereocenters. The Morgan fingerprint density at radius 3 is 2.44 bits per heavy atom. The lowest BCUT2D eigenvalue weighted by Crippen LogP contribution is -2.49. The van der Waals surface area contributed by atoms with Crippen LogP contribution in [0.5, 0.6) is 5.75 Å². The van der Waals surface area contributed by atoms with E-state index in [2.05, 4.69) is 9.88 Å². The number of likely N-dealkylation sites (N-methyl/N-ethyl adjacent to an activating group) is 1. The van der Waals surface area contributed by atoms with E-state index >= 15 is 0 Å². The number of carbonyl (C=O) groups excluding carboxylic acids is 1. The zero-order valence-corrected chi connectivity index (χ0v) is 25.3. The van der Waals surface area contributed by atoms with Gasteiger partial charge in [-0.3, -0.25) is 14.4 Å². The summed E-state index contributed by atoms with van der Waals surface area (Å²) in [7, 11) is -2.40. The van der Waals surface area contributed by atoms with Crippen LogP contribution in [0.2, 0.25) is 0 Å². The van der Waals surface area contributed by atoms with Gasteiger partial charge in [-0.05, 0) is 57.6 Å². The van der Waals surface area contributed by atoms with Gasteiger partial charge in [0.05, 0.1) is 29.5 Å². The molecule has 2 N–H and O–H groups in total. The van der Waals surface area contributed by atoms with E-state index in [-0.39, 0.29) is 52.4 Å². The Bertz CT molecular complexity index is 1540. The van der Waals surface area contributed by atoms with Crippen LogP contribution >= 0.6 is 0 Å². The Hall–Kier alpha value is -3.62. The molecule has 2 aromatic carbocycles. The summed E-state index contributed by atoms with van der Waals surface area (Å²) >= 11 is 0. The van der Waals surface area contributed by atoms with Crippen molar-refractivity contribution in [2.45, 2.75) is 57.5 Å². The summed E-state index contributed by atoms with van der Waals surface area (Å²) in [6.45, 7) is 7.13. The van der Waals surface area contributed by atoms with Gasteiger partial charge in [0.15, 0.2) is 16.4 Å². The van der Waals surface area contributed by atoms with Crippen LogP contribution in [0.4, 0.5) is 18.9 Å². The van der Waals surface area contributed by atoms with Crippen LogP contribution in [0.3, 0.4) is 0 Å². The molecule has 1 aromatic heterocycles. The molecule has 0 unspecified atom stereocenters. The lowest BCUT2D eigenvalue weighted by Gasteiger charge is -2.38. The van der Waals surface area contributed by atoms with Crippen molar-refractivity contribution in [1.29, 1.82) is 0 Å². The molecular formula is C29H35F3N4O6S. The standard InChI is InChI=1S/C29H35F3N4O6S/c1-17-13-36(18(2)16-37)28(38)23-7-6-8-24(34-43(39,40)27-19(3)33-42-20(27)4)26(23)41-25(17)15-35(5)14-21-9-11-22(12-10-21)29(30,31)32/h6-12,17-18,25,34,37H,13-16H2,1-5H3/t17-,18+,25+/m0/s1. The minimum Gasteiger partial charge on any atom is -0.486 e. The minimum absolute atomic E-state index is 0.0254. The molecule has 0 aliphatic carbocycles. The van der Waals surface area contributed by atoms with E-state index in [1.807, 2.05) is 11.8 Å². The van der Waals surface area contributed by atoms with Gasteiger partial charge in [0.1, 0.15) is 11.8 Å². The first-order chi connectivity index (χ1) is 20.1. The topological polar surface area (TPSA) is 125 Å². The Labute approximate surface area is 248 Å². The number of benzene rings is 2. The third-order valence-corrected chi connectivity index (χ3v) is 9.01. The van der Waals surface area contributed by atoms with Gasteiger partial charge in [0.2, 0.25) is 0 Å². The maximum atomic E-state index is 13.7. The van der Waals surface area contributed by atoms with E-state index in [0.717, 1.165) is 12.1 Å². The maximum absolute atomic E-state index is 13.7. The molecule has 10 nitrogen and oxygen atoms in total. The summed E-state index contributed by atoms with van der Waals surface area (Å²) < 4.78 is 79.8. The third kappa shape index (κ3) is 7.13. The number of anilines is 1. The first-order valence-electron chi connectivity index (χ1n) is 13.6. The van der Waals surface area contributed by atoms with Gasteiger partial charge in [-0.2, -0.15) is 13.2 Å². The van der Waals surface area contributed by atoms with Crippen LogP contribution in [0.1, 0.15) is 46.8 Å². The molecule has 1 aliphatic heterocycles. The molecule has 0 radical (unpaired) electrons. The van der Waals surface area contributed by atoms with E-state index in [1.54, 1.807) is 14.0 Å². The number of aliphatic hydroxyl groups excluding tert-OH is 1. The number of fused-ring (bicyclic) bond motifs is 1. The molecule has 43 heavy (non-hydrogen) atoms. The SMILES string of the molecule is Cc1noc(C)c1S(=O)(=O)Nc1cccc2c1O[C@H](CN(C)Cc1ccc(C(F)(F)F)cc1)[C@@H](C)CN([C@H](C)CO)C2=O. The average Bonchev–Trinajstić information content (AvgIpc) is 3.28. The molecule has 0 saturated carbocycles. The molecule has 1 amide bonds. The van der Waals surface area contributed by atoms with E-state index in [1.165, 1.54) is 49.1 Å². The number of rotatable bonds is 9. The highest BCUT2D eigenvalue weighted by atomic mass is 32.2. The number of nitrogens with one attached hydrogen (secondary N) is 1. The van der Waals surface area contributed by atoms with Gasteiger partial charge in [0.25, 0.3) is 15.9 Å². The summed E-state index contributed by atoms with van der Waals surface area (Å²) in [5.41, 5.74) is 0.239. The molecule has 0 saturated heterocycles. The highest BCUT2D eigenvalue weighted by molar-refractivity contribution is 7.92. The second kappa shape index (κ2) is 12.5. The van der Waals surface area contributed by atoms with E-state index in [4.69, 9.17) is 9.26 Å². The normalized spacial score (nSPS) is 18.6. The van der Waals surface area contributed by atoms with E-state index < -0.39 is 39.8 Å². The van der Waals surface area contributed by atoms with Crippen molar-refractivity contribution in [3.63, 3.8) is 0 Å². The Morgan fingerprint density at radius 1 is 1.19 bits per heavy atom. The number of halogens is 3. The van der Waals surface area contributed by atoms with Gasteiger partial charge in [-0.15, -0.1) is 0 Å². The zero-order valence-electron chi connectivity index (χ0n) is 24.5. The second-order valence-electron chi connectivity index (χ2n) is 11.0. The zero-order chi connectivity index (χ0) is 31.7.